The number of fused-ring (bicyclic) bond motifs is 4. The molecule has 5 fully saturated rings. The van der Waals surface area contributed by atoms with Crippen LogP contribution in [0.5, 0.6) is 0 Å². The first-order chi connectivity index (χ1) is 32.3. The summed E-state index contributed by atoms with van der Waals surface area (Å²) in [4.78, 5) is 70.3. The van der Waals surface area contributed by atoms with Gasteiger partial charge >= 0.3 is 12.1 Å². The number of aromatic nitrogens is 2. The number of hydrogen-bond donors (Lipinski definition) is 2. The van der Waals surface area contributed by atoms with Gasteiger partial charge in [-0.1, -0.05) is 83.0 Å². The molecule has 2 N–H and O–H groups in total. The average molecular weight is 905 g/mol. The van der Waals surface area contributed by atoms with Crippen LogP contribution in [0.15, 0.2) is 65.8 Å². The highest BCUT2D eigenvalue weighted by molar-refractivity contribution is 6.02. The molecule has 67 heavy (non-hydrogen) atoms. The van der Waals surface area contributed by atoms with Gasteiger partial charge in [0, 0.05) is 24.2 Å². The average Bonchev–Trinajstić information content (AvgIpc) is 3.77. The minimum absolute atomic E-state index is 0.0170. The van der Waals surface area contributed by atoms with E-state index < -0.39 is 18.1 Å². The lowest BCUT2D eigenvalue weighted by atomic mass is 9.82. The number of esters is 1. The quantitative estimate of drug-likeness (QED) is 0.135. The molecule has 4 aliphatic carbocycles. The molecule has 3 saturated carbocycles. The van der Waals surface area contributed by atoms with E-state index in [2.05, 4.69) is 64.9 Å². The van der Waals surface area contributed by atoms with Crippen LogP contribution >= 0.6 is 0 Å². The van der Waals surface area contributed by atoms with Gasteiger partial charge in [-0.15, -0.1) is 0 Å². The Bertz CT molecular complexity index is 2680. The molecule has 5 unspecified atom stereocenters. The Morgan fingerprint density at radius 2 is 1.39 bits per heavy atom. The van der Waals surface area contributed by atoms with E-state index in [1.54, 1.807) is 0 Å². The van der Waals surface area contributed by atoms with E-state index in [9.17, 15) is 19.2 Å². The van der Waals surface area contributed by atoms with Crippen molar-refractivity contribution in [1.82, 2.24) is 25.1 Å². The number of piperidine rings is 2. The number of methoxy groups -OCH3 is 2. The predicted molar refractivity (Wildman–Crippen MR) is 256 cm³/mol. The second kappa shape index (κ2) is 16.8. The first kappa shape index (κ1) is 43.8. The zero-order chi connectivity index (χ0) is 46.5. The van der Waals surface area contributed by atoms with Crippen LogP contribution < -0.4 is 5.32 Å². The molecule has 4 aromatic rings. The van der Waals surface area contributed by atoms with Crippen molar-refractivity contribution >= 4 is 35.3 Å². The molecule has 4 heterocycles. The van der Waals surface area contributed by atoms with Gasteiger partial charge in [0.05, 0.1) is 56.2 Å². The van der Waals surface area contributed by atoms with Crippen LogP contribution in [0.3, 0.4) is 0 Å². The summed E-state index contributed by atoms with van der Waals surface area (Å²) in [5.74, 6) is 0.931. The minimum atomic E-state index is -0.648. The molecule has 0 radical (unpaired) electrons. The van der Waals surface area contributed by atoms with Crippen molar-refractivity contribution in [2.75, 3.05) is 14.2 Å². The summed E-state index contributed by atoms with van der Waals surface area (Å²) >= 11 is 0. The van der Waals surface area contributed by atoms with Crippen LogP contribution in [0, 0.1) is 35.0 Å². The van der Waals surface area contributed by atoms with Crippen LogP contribution in [0.1, 0.15) is 114 Å². The van der Waals surface area contributed by atoms with E-state index in [1.807, 2.05) is 43.7 Å². The van der Waals surface area contributed by atoms with E-state index in [0.29, 0.717) is 17.3 Å². The molecule has 1 aromatic heterocycles. The monoisotopic (exact) mass is 904 g/mol. The first-order valence-corrected chi connectivity index (χ1v) is 24.9. The normalized spacial score (nSPS) is 25.7. The van der Waals surface area contributed by atoms with Crippen molar-refractivity contribution in [3.63, 3.8) is 0 Å². The molecule has 3 aliphatic heterocycles. The Hall–Kier alpha value is -5.78. The summed E-state index contributed by atoms with van der Waals surface area (Å²) in [5.41, 5.74) is 13.6. The second-order valence-corrected chi connectivity index (χ2v) is 21.7. The van der Waals surface area contributed by atoms with Gasteiger partial charge in [0.1, 0.15) is 11.9 Å². The van der Waals surface area contributed by atoms with Crippen molar-refractivity contribution in [2.45, 2.75) is 135 Å². The number of carbonyl (C=O) groups is 4. The van der Waals surface area contributed by atoms with E-state index >= 15 is 0 Å². The third-order valence-corrected chi connectivity index (χ3v) is 16.9. The van der Waals surface area contributed by atoms with Crippen LogP contribution in [0.2, 0.25) is 0 Å². The van der Waals surface area contributed by atoms with E-state index in [1.165, 1.54) is 78.8 Å². The lowest BCUT2D eigenvalue weighted by Crippen LogP contribution is -2.55. The Balaban J connectivity index is 0.830. The van der Waals surface area contributed by atoms with E-state index in [4.69, 9.17) is 19.5 Å². The minimum Gasteiger partial charge on any atom is -0.469 e. The fraction of sp³-hybridized carbons (Fsp3) is 0.527. The number of alkyl carbamates (subject to hydrolysis) is 1. The van der Waals surface area contributed by atoms with E-state index in [-0.39, 0.29) is 60.2 Å². The number of amides is 3. The number of nitrogens with one attached hydrogen (secondary N) is 2. The fourth-order valence-electron chi connectivity index (χ4n) is 13.0. The second-order valence-electron chi connectivity index (χ2n) is 21.7. The zero-order valence-electron chi connectivity index (χ0n) is 39.8. The standard InChI is InChI=1S/C55H64N6O6/c1-29(2)39(25-49(62)66-5)52(63)61-46-22-36(46)24-48(61)51-56-28-44(58-51)32-11-9-31(10-12-32)37-14-15-38(41-27-55(26-40(37)41)17-7-8-18-55)33-13-16-42-34(19-33)20-43(57-42)47-23-35-21-45(35)60(47)53(64)50(30(3)4)59-54(65)67-6/h9-16,19,28-30,35-36,39,45-48,50H,7-8,17-18,20-27H2,1-6H3,(H,56,58)(H,59,65)/t35?,36?,39-,45?,46?,47-,48?,50-/m0/s1. The number of nitrogens with zero attached hydrogens (tertiary/aromatic N) is 4. The molecule has 350 valence electrons. The number of benzene rings is 3. The van der Waals surface area contributed by atoms with Gasteiger partial charge in [-0.3, -0.25) is 19.4 Å². The molecule has 2 saturated heterocycles. The Morgan fingerprint density at radius 3 is 2.03 bits per heavy atom. The molecule has 11 rings (SSSR count). The summed E-state index contributed by atoms with van der Waals surface area (Å²) in [6.45, 7) is 7.93. The largest absolute Gasteiger partial charge is 0.469 e. The lowest BCUT2D eigenvalue weighted by molar-refractivity contribution is -0.149. The molecule has 7 aliphatic rings. The van der Waals surface area contributed by atoms with Crippen LogP contribution in [-0.2, 0) is 43.1 Å². The Morgan fingerprint density at radius 1 is 0.761 bits per heavy atom. The molecular formula is C55H64N6O6. The summed E-state index contributed by atoms with van der Waals surface area (Å²) in [6.07, 6.45) is 13.3. The number of aliphatic imine (C=N–C) groups is 1. The van der Waals surface area contributed by atoms with Gasteiger partial charge in [0.15, 0.2) is 0 Å². The van der Waals surface area contributed by atoms with Gasteiger partial charge in [0.25, 0.3) is 0 Å². The molecule has 12 heteroatoms. The van der Waals surface area contributed by atoms with Crippen molar-refractivity contribution in [3.05, 3.63) is 83.3 Å². The highest BCUT2D eigenvalue weighted by atomic mass is 16.5. The number of rotatable bonds is 12. The summed E-state index contributed by atoms with van der Waals surface area (Å²) < 4.78 is 9.84. The number of ether oxygens (including phenoxy) is 2. The van der Waals surface area contributed by atoms with E-state index in [0.717, 1.165) is 73.4 Å². The van der Waals surface area contributed by atoms with Crippen molar-refractivity contribution in [2.24, 2.45) is 40.0 Å². The molecule has 8 atom stereocenters. The zero-order valence-corrected chi connectivity index (χ0v) is 39.8. The number of aromatic amines is 1. The van der Waals surface area contributed by atoms with Gasteiger partial charge in [-0.05, 0) is 137 Å². The summed E-state index contributed by atoms with van der Waals surface area (Å²) in [5, 5.41) is 2.81. The fourth-order valence-corrected chi connectivity index (χ4v) is 13.0. The molecule has 3 aromatic carbocycles. The number of imidazole rings is 1. The van der Waals surface area contributed by atoms with Gasteiger partial charge in [-0.2, -0.15) is 0 Å². The summed E-state index contributed by atoms with van der Waals surface area (Å²) in [6, 6.07) is 19.9. The number of likely N-dealkylation sites (tertiary alicyclic amines) is 2. The third-order valence-electron chi connectivity index (χ3n) is 16.9. The highest BCUT2D eigenvalue weighted by Gasteiger charge is 2.58. The Kier molecular flexibility index (Phi) is 11.0. The summed E-state index contributed by atoms with van der Waals surface area (Å²) in [7, 11) is 2.71. The first-order valence-electron chi connectivity index (χ1n) is 24.9. The van der Waals surface area contributed by atoms with Gasteiger partial charge in [0.2, 0.25) is 11.8 Å². The maximum atomic E-state index is 14.1. The van der Waals surface area contributed by atoms with Crippen molar-refractivity contribution < 1.29 is 28.7 Å². The van der Waals surface area contributed by atoms with Gasteiger partial charge in [-0.25, -0.2) is 9.78 Å². The number of hydrogen-bond acceptors (Lipinski definition) is 8. The predicted octanol–water partition coefficient (Wildman–Crippen LogP) is 9.57. The molecule has 1 spiro atoms. The van der Waals surface area contributed by atoms with Crippen LogP contribution in [-0.4, -0.2) is 87.7 Å². The van der Waals surface area contributed by atoms with Crippen LogP contribution in [0.25, 0.3) is 33.5 Å². The molecule has 12 nitrogen and oxygen atoms in total. The number of carbonyl (C=O) groups excluding carboxylic acids is 4. The van der Waals surface area contributed by atoms with Gasteiger partial charge < -0.3 is 29.6 Å². The number of H-pyrrole nitrogens is 1. The SMILES string of the molecule is COC(=O)C[C@H](C(=O)N1C(c2ncc(-c3ccc(-c4ccc(-c5ccc6c(c5)CC([C@@H]5CC7CC7N5C(=O)[C@@H](NC(=O)OC)C(C)C)=N6)c5c4CC4(CCCC4)C5)cc3)[nH]2)CC2CC21)C(C)C. The smallest absolute Gasteiger partial charge is 0.407 e. The molecule has 3 amide bonds. The molecular weight excluding hydrogens is 841 g/mol. The molecule has 0 bridgehead atoms. The lowest BCUT2D eigenvalue weighted by Gasteiger charge is -2.32. The van der Waals surface area contributed by atoms with Crippen molar-refractivity contribution in [1.29, 1.82) is 0 Å². The van der Waals surface area contributed by atoms with Crippen LogP contribution in [0.4, 0.5) is 10.5 Å². The highest BCUT2D eigenvalue weighted by Crippen LogP contribution is 2.56. The Labute approximate surface area is 393 Å². The maximum Gasteiger partial charge on any atom is 0.407 e. The van der Waals surface area contributed by atoms with Crippen molar-refractivity contribution in [3.8, 4) is 33.5 Å². The topological polar surface area (TPSA) is 146 Å². The maximum absolute atomic E-state index is 14.1. The third kappa shape index (κ3) is 7.76.